The van der Waals surface area contributed by atoms with Crippen molar-refractivity contribution in [1.29, 1.82) is 0 Å². The molecule has 5 nitrogen and oxygen atoms in total. The van der Waals surface area contributed by atoms with Crippen LogP contribution in [-0.2, 0) is 9.53 Å². The molecule has 1 rings (SSSR count). The first kappa shape index (κ1) is 18.0. The standard InChI is InChI=1S/C16H29NO4/c1-16(2,3)21-15(20)17(10-4-11-18)14-7-5-13(6-8-14)9-12-19/h11,13-14,19H,4-10,12H2,1-3H3. The Labute approximate surface area is 127 Å². The summed E-state index contributed by atoms with van der Waals surface area (Å²) in [4.78, 5) is 24.7. The van der Waals surface area contributed by atoms with E-state index in [1.165, 1.54) is 0 Å². The topological polar surface area (TPSA) is 66.8 Å². The lowest BCUT2D eigenvalue weighted by Gasteiger charge is -2.37. The first-order valence-electron chi connectivity index (χ1n) is 7.91. The van der Waals surface area contributed by atoms with Gasteiger partial charge in [-0.1, -0.05) is 0 Å². The number of carbonyl (C=O) groups is 2. The summed E-state index contributed by atoms with van der Waals surface area (Å²) in [5.41, 5.74) is -0.523. The molecule has 0 heterocycles. The van der Waals surface area contributed by atoms with E-state index in [0.717, 1.165) is 38.4 Å². The minimum atomic E-state index is -0.523. The maximum Gasteiger partial charge on any atom is 0.410 e. The Morgan fingerprint density at radius 3 is 2.38 bits per heavy atom. The Bertz CT molecular complexity index is 330. The highest BCUT2D eigenvalue weighted by atomic mass is 16.6. The van der Waals surface area contributed by atoms with E-state index in [9.17, 15) is 9.59 Å². The van der Waals surface area contributed by atoms with Gasteiger partial charge in [0.05, 0.1) is 0 Å². The highest BCUT2D eigenvalue weighted by Crippen LogP contribution is 2.30. The van der Waals surface area contributed by atoms with Crippen molar-refractivity contribution in [2.45, 2.75) is 70.9 Å². The summed E-state index contributed by atoms with van der Waals surface area (Å²) in [6.07, 6.45) is 5.58. The first-order chi connectivity index (χ1) is 9.87. The lowest BCUT2D eigenvalue weighted by molar-refractivity contribution is -0.108. The fourth-order valence-corrected chi connectivity index (χ4v) is 2.86. The summed E-state index contributed by atoms with van der Waals surface area (Å²) >= 11 is 0. The van der Waals surface area contributed by atoms with E-state index >= 15 is 0 Å². The van der Waals surface area contributed by atoms with Gasteiger partial charge in [0.2, 0.25) is 0 Å². The largest absolute Gasteiger partial charge is 0.444 e. The molecular formula is C16H29NO4. The van der Waals surface area contributed by atoms with E-state index in [2.05, 4.69) is 0 Å². The second kappa shape index (κ2) is 8.37. The minimum absolute atomic E-state index is 0.148. The number of aliphatic hydroxyl groups excluding tert-OH is 1. The number of hydrogen-bond acceptors (Lipinski definition) is 4. The van der Waals surface area contributed by atoms with Gasteiger partial charge in [0.15, 0.2) is 0 Å². The Kier molecular flexibility index (Phi) is 7.15. The number of aldehydes is 1. The van der Waals surface area contributed by atoms with Gasteiger partial charge in [0, 0.05) is 25.6 Å². The monoisotopic (exact) mass is 299 g/mol. The second-order valence-corrected chi connectivity index (χ2v) is 6.82. The summed E-state index contributed by atoms with van der Waals surface area (Å²) in [5.74, 6) is 0.554. The quantitative estimate of drug-likeness (QED) is 0.766. The van der Waals surface area contributed by atoms with Crippen molar-refractivity contribution in [1.82, 2.24) is 4.90 Å². The summed E-state index contributed by atoms with van der Waals surface area (Å²) < 4.78 is 5.46. The van der Waals surface area contributed by atoms with E-state index in [1.54, 1.807) is 4.90 Å². The molecule has 1 aliphatic rings. The number of ether oxygens (including phenoxy) is 1. The number of rotatable bonds is 6. The van der Waals surface area contributed by atoms with E-state index in [0.29, 0.717) is 18.9 Å². The lowest BCUT2D eigenvalue weighted by atomic mass is 9.83. The van der Waals surface area contributed by atoms with Crippen molar-refractivity contribution in [2.75, 3.05) is 13.2 Å². The molecular weight excluding hydrogens is 270 g/mol. The Hall–Kier alpha value is -1.10. The maximum absolute atomic E-state index is 12.3. The molecule has 0 saturated heterocycles. The third-order valence-electron chi connectivity index (χ3n) is 3.91. The van der Waals surface area contributed by atoms with Crippen molar-refractivity contribution in [2.24, 2.45) is 5.92 Å². The molecule has 1 N–H and O–H groups in total. The van der Waals surface area contributed by atoms with Crippen LogP contribution in [-0.4, -0.2) is 47.2 Å². The highest BCUT2D eigenvalue weighted by molar-refractivity contribution is 5.69. The van der Waals surface area contributed by atoms with E-state index < -0.39 is 5.60 Å². The molecule has 0 bridgehead atoms. The molecule has 1 aliphatic carbocycles. The van der Waals surface area contributed by atoms with Crippen LogP contribution in [0, 0.1) is 5.92 Å². The molecule has 5 heteroatoms. The van der Waals surface area contributed by atoms with Crippen molar-refractivity contribution >= 4 is 12.4 Å². The molecule has 21 heavy (non-hydrogen) atoms. The molecule has 0 aliphatic heterocycles. The van der Waals surface area contributed by atoms with Gasteiger partial charge in [-0.3, -0.25) is 0 Å². The van der Waals surface area contributed by atoms with Gasteiger partial charge in [-0.2, -0.15) is 0 Å². The lowest BCUT2D eigenvalue weighted by Crippen LogP contribution is -2.45. The number of hydrogen-bond donors (Lipinski definition) is 1. The molecule has 0 aromatic rings. The van der Waals surface area contributed by atoms with Crippen LogP contribution >= 0.6 is 0 Å². The molecule has 1 amide bonds. The zero-order valence-electron chi connectivity index (χ0n) is 13.5. The third kappa shape index (κ3) is 6.46. The Morgan fingerprint density at radius 1 is 1.29 bits per heavy atom. The van der Waals surface area contributed by atoms with Gasteiger partial charge >= 0.3 is 6.09 Å². The summed E-state index contributed by atoms with van der Waals surface area (Å²) in [6.45, 7) is 6.20. The molecule has 1 saturated carbocycles. The molecule has 0 radical (unpaired) electrons. The Morgan fingerprint density at radius 2 is 1.90 bits per heavy atom. The average molecular weight is 299 g/mol. The van der Waals surface area contributed by atoms with Crippen molar-refractivity contribution in [3.63, 3.8) is 0 Å². The van der Waals surface area contributed by atoms with Crippen LogP contribution in [0.4, 0.5) is 4.79 Å². The zero-order valence-corrected chi connectivity index (χ0v) is 13.5. The number of carbonyl (C=O) groups excluding carboxylic acids is 2. The van der Waals surface area contributed by atoms with Gasteiger partial charge in [-0.15, -0.1) is 0 Å². The average Bonchev–Trinajstić information content (AvgIpc) is 2.39. The summed E-state index contributed by atoms with van der Waals surface area (Å²) in [7, 11) is 0. The molecule has 1 fully saturated rings. The predicted molar refractivity (Wildman–Crippen MR) is 81.1 cm³/mol. The normalized spacial score (nSPS) is 22.7. The van der Waals surface area contributed by atoms with E-state index in [1.807, 2.05) is 20.8 Å². The van der Waals surface area contributed by atoms with Crippen LogP contribution in [0.3, 0.4) is 0 Å². The van der Waals surface area contributed by atoms with Crippen LogP contribution in [0.1, 0.15) is 59.3 Å². The van der Waals surface area contributed by atoms with Gasteiger partial charge in [-0.25, -0.2) is 4.79 Å². The fourth-order valence-electron chi connectivity index (χ4n) is 2.86. The Balaban J connectivity index is 2.61. The van der Waals surface area contributed by atoms with Crippen LogP contribution in [0.5, 0.6) is 0 Å². The zero-order chi connectivity index (χ0) is 15.9. The van der Waals surface area contributed by atoms with E-state index in [4.69, 9.17) is 9.84 Å². The van der Waals surface area contributed by atoms with Crippen LogP contribution in [0.25, 0.3) is 0 Å². The molecule has 0 aromatic heterocycles. The molecule has 0 unspecified atom stereocenters. The first-order valence-corrected chi connectivity index (χ1v) is 7.91. The fraction of sp³-hybridized carbons (Fsp3) is 0.875. The number of amides is 1. The SMILES string of the molecule is CC(C)(C)OC(=O)N(CCC=O)C1CCC(CCO)CC1. The third-order valence-corrected chi connectivity index (χ3v) is 3.91. The smallest absolute Gasteiger partial charge is 0.410 e. The van der Waals surface area contributed by atoms with Crippen LogP contribution < -0.4 is 0 Å². The summed E-state index contributed by atoms with van der Waals surface area (Å²) in [5, 5.41) is 9.00. The van der Waals surface area contributed by atoms with E-state index in [-0.39, 0.29) is 18.7 Å². The molecule has 122 valence electrons. The summed E-state index contributed by atoms with van der Waals surface area (Å²) in [6, 6.07) is 0.148. The van der Waals surface area contributed by atoms with Gasteiger partial charge in [0.1, 0.15) is 11.9 Å². The van der Waals surface area contributed by atoms with Crippen molar-refractivity contribution in [3.05, 3.63) is 0 Å². The molecule has 0 aromatic carbocycles. The van der Waals surface area contributed by atoms with Gasteiger partial charge in [0.25, 0.3) is 0 Å². The number of nitrogens with zero attached hydrogens (tertiary/aromatic N) is 1. The minimum Gasteiger partial charge on any atom is -0.444 e. The van der Waals surface area contributed by atoms with Gasteiger partial charge in [-0.05, 0) is 58.8 Å². The molecule has 0 atom stereocenters. The van der Waals surface area contributed by atoms with Gasteiger partial charge < -0.3 is 19.5 Å². The maximum atomic E-state index is 12.3. The van der Waals surface area contributed by atoms with Crippen molar-refractivity contribution in [3.8, 4) is 0 Å². The molecule has 0 spiro atoms. The highest BCUT2D eigenvalue weighted by Gasteiger charge is 2.31. The van der Waals surface area contributed by atoms with Crippen molar-refractivity contribution < 1.29 is 19.4 Å². The predicted octanol–water partition coefficient (Wildman–Crippen LogP) is 2.75. The van der Waals surface area contributed by atoms with Crippen LogP contribution in [0.15, 0.2) is 0 Å². The second-order valence-electron chi connectivity index (χ2n) is 6.82. The van der Waals surface area contributed by atoms with Crippen LogP contribution in [0.2, 0.25) is 0 Å². The number of aliphatic hydroxyl groups is 1.